The third kappa shape index (κ3) is 2.71. The largest absolute Gasteiger partial charge is 0.396 e. The average molecular weight is 387 g/mol. The maximum absolute atomic E-state index is 8.96. The first-order valence-corrected chi connectivity index (χ1v) is 9.71. The van der Waals surface area contributed by atoms with Crippen molar-refractivity contribution < 1.29 is 5.11 Å². The van der Waals surface area contributed by atoms with E-state index in [2.05, 4.69) is 46.5 Å². The molecule has 0 aliphatic carbocycles. The van der Waals surface area contributed by atoms with Crippen LogP contribution in [0.4, 0.5) is 0 Å². The zero-order valence-electron chi connectivity index (χ0n) is 15.2. The summed E-state index contributed by atoms with van der Waals surface area (Å²) in [6, 6.07) is 16.6. The number of rotatable bonds is 4. The molecule has 0 unspecified atom stereocenters. The van der Waals surface area contributed by atoms with Crippen molar-refractivity contribution in [2.75, 3.05) is 6.61 Å². The van der Waals surface area contributed by atoms with Gasteiger partial charge in [0.05, 0.1) is 0 Å². The topological polar surface area (TPSA) is 51.8 Å². The van der Waals surface area contributed by atoms with Gasteiger partial charge in [-0.2, -0.15) is 0 Å². The highest BCUT2D eigenvalue weighted by atomic mass is 35.5. The molecule has 2 heterocycles. The molecule has 3 nitrogen and oxygen atoms in total. The summed E-state index contributed by atoms with van der Waals surface area (Å²) in [4.78, 5) is 6.85. The average Bonchev–Trinajstić information content (AvgIpc) is 3.31. The number of hydrogen-bond donors (Lipinski definition) is 3. The molecule has 0 fully saturated rings. The molecule has 5 rings (SSSR count). The Hall–Kier alpha value is -3.01. The molecule has 0 amide bonds. The Bertz CT molecular complexity index is 1340. The highest BCUT2D eigenvalue weighted by Gasteiger charge is 2.15. The molecule has 0 saturated carbocycles. The molecular formula is C24H19ClN2O. The molecule has 3 aromatic carbocycles. The normalized spacial score (nSPS) is 12.1. The summed E-state index contributed by atoms with van der Waals surface area (Å²) in [5, 5.41) is 14.5. The Balaban J connectivity index is 1.77. The van der Waals surface area contributed by atoms with Gasteiger partial charge in [-0.05, 0) is 35.7 Å². The number of fused-ring (bicyclic) bond motifs is 5. The number of nitrogens with one attached hydrogen (secondary N) is 2. The van der Waals surface area contributed by atoms with Crippen LogP contribution in [0, 0.1) is 0 Å². The van der Waals surface area contributed by atoms with Gasteiger partial charge in [0.1, 0.15) is 0 Å². The van der Waals surface area contributed by atoms with Crippen LogP contribution in [0.3, 0.4) is 0 Å². The highest BCUT2D eigenvalue weighted by Crippen LogP contribution is 2.40. The third-order valence-corrected chi connectivity index (χ3v) is 5.55. The molecular weight excluding hydrogens is 368 g/mol. The van der Waals surface area contributed by atoms with Gasteiger partial charge >= 0.3 is 0 Å². The minimum Gasteiger partial charge on any atom is -0.396 e. The second-order valence-electron chi connectivity index (χ2n) is 6.95. The number of aromatic amines is 2. The van der Waals surface area contributed by atoms with Gasteiger partial charge in [-0.1, -0.05) is 54.1 Å². The molecule has 5 aromatic rings. The molecule has 0 bridgehead atoms. The number of aliphatic hydroxyl groups excluding tert-OH is 1. The molecule has 3 N–H and O–H groups in total. The predicted octanol–water partition coefficient (Wildman–Crippen LogP) is 6.52. The predicted molar refractivity (Wildman–Crippen MR) is 119 cm³/mol. The molecule has 0 atom stereocenters. The standard InChI is InChI=1S/C24H19ClN2O/c25-21-7-2-1-6-16(21)18-12-23-24(20-14-26-13-19(18)20)17-9-8-15(5-3-4-10-28)11-22(17)27-23/h1-3,5-9,11-14,26-28H,4,10H2. The number of aliphatic hydroxyl groups is 1. The van der Waals surface area contributed by atoms with Crippen LogP contribution in [0.5, 0.6) is 0 Å². The van der Waals surface area contributed by atoms with E-state index in [4.69, 9.17) is 16.7 Å². The lowest BCUT2D eigenvalue weighted by Gasteiger charge is -2.07. The quantitative estimate of drug-likeness (QED) is 0.323. The smallest absolute Gasteiger partial charge is 0.0484 e. The van der Waals surface area contributed by atoms with Gasteiger partial charge in [0, 0.05) is 62.2 Å². The van der Waals surface area contributed by atoms with E-state index in [1.807, 2.05) is 36.5 Å². The summed E-state index contributed by atoms with van der Waals surface area (Å²) in [6.45, 7) is 0.168. The lowest BCUT2D eigenvalue weighted by molar-refractivity contribution is 0.303. The van der Waals surface area contributed by atoms with Crippen molar-refractivity contribution in [2.24, 2.45) is 0 Å². The van der Waals surface area contributed by atoms with Crippen molar-refractivity contribution in [1.29, 1.82) is 0 Å². The Morgan fingerprint density at radius 2 is 1.75 bits per heavy atom. The van der Waals surface area contributed by atoms with Crippen molar-refractivity contribution in [3.05, 3.63) is 77.6 Å². The van der Waals surface area contributed by atoms with E-state index >= 15 is 0 Å². The van der Waals surface area contributed by atoms with Gasteiger partial charge < -0.3 is 15.1 Å². The SMILES string of the molecule is OCCC=Cc1ccc2c(c1)[nH]c1cc(-c3ccccc3Cl)c3c[nH]cc3c12. The lowest BCUT2D eigenvalue weighted by atomic mass is 9.97. The molecule has 0 spiro atoms. The number of benzene rings is 3. The second kappa shape index (κ2) is 6.86. The number of halogens is 1. The van der Waals surface area contributed by atoms with Gasteiger partial charge in [0.15, 0.2) is 0 Å². The second-order valence-corrected chi connectivity index (χ2v) is 7.36. The van der Waals surface area contributed by atoms with E-state index in [9.17, 15) is 0 Å². The lowest BCUT2D eigenvalue weighted by Crippen LogP contribution is -1.82. The first-order chi connectivity index (χ1) is 13.8. The number of H-pyrrole nitrogens is 2. The van der Waals surface area contributed by atoms with E-state index in [0.29, 0.717) is 6.42 Å². The summed E-state index contributed by atoms with van der Waals surface area (Å²) in [6.07, 6.45) is 8.79. The van der Waals surface area contributed by atoms with Crippen molar-refractivity contribution in [3.8, 4) is 11.1 Å². The first kappa shape index (κ1) is 17.1. The van der Waals surface area contributed by atoms with E-state index in [1.54, 1.807) is 0 Å². The first-order valence-electron chi connectivity index (χ1n) is 9.33. The van der Waals surface area contributed by atoms with Crippen molar-refractivity contribution in [1.82, 2.24) is 9.97 Å². The van der Waals surface area contributed by atoms with Crippen molar-refractivity contribution in [2.45, 2.75) is 6.42 Å². The molecule has 4 heteroatoms. The zero-order valence-corrected chi connectivity index (χ0v) is 15.9. The Morgan fingerprint density at radius 1 is 0.893 bits per heavy atom. The molecule has 138 valence electrons. The molecule has 2 aromatic heterocycles. The maximum Gasteiger partial charge on any atom is 0.0484 e. The summed E-state index contributed by atoms with van der Waals surface area (Å²) < 4.78 is 0. The van der Waals surface area contributed by atoms with E-state index in [1.165, 1.54) is 16.2 Å². The molecule has 0 aliphatic rings. The molecule has 0 radical (unpaired) electrons. The number of aromatic nitrogens is 2. The fourth-order valence-electron chi connectivity index (χ4n) is 3.95. The van der Waals surface area contributed by atoms with E-state index in [0.717, 1.165) is 38.1 Å². The van der Waals surface area contributed by atoms with Crippen LogP contribution in [-0.4, -0.2) is 21.7 Å². The van der Waals surface area contributed by atoms with Crippen LogP contribution in [0.1, 0.15) is 12.0 Å². The highest BCUT2D eigenvalue weighted by molar-refractivity contribution is 6.34. The van der Waals surface area contributed by atoms with Crippen LogP contribution >= 0.6 is 11.6 Å². The minimum atomic E-state index is 0.168. The van der Waals surface area contributed by atoms with Gasteiger partial charge in [0.2, 0.25) is 0 Å². The van der Waals surface area contributed by atoms with Crippen LogP contribution in [0.15, 0.2) is 67.0 Å². The van der Waals surface area contributed by atoms with Crippen molar-refractivity contribution in [3.63, 3.8) is 0 Å². The monoisotopic (exact) mass is 386 g/mol. The van der Waals surface area contributed by atoms with Crippen molar-refractivity contribution >= 4 is 50.3 Å². The van der Waals surface area contributed by atoms with E-state index < -0.39 is 0 Å². The Morgan fingerprint density at radius 3 is 2.61 bits per heavy atom. The minimum absolute atomic E-state index is 0.168. The Labute approximate surface area is 167 Å². The molecule has 28 heavy (non-hydrogen) atoms. The Kier molecular flexibility index (Phi) is 4.19. The summed E-state index contributed by atoms with van der Waals surface area (Å²) in [5.74, 6) is 0. The van der Waals surface area contributed by atoms with Gasteiger partial charge in [-0.3, -0.25) is 0 Å². The fourth-order valence-corrected chi connectivity index (χ4v) is 4.19. The van der Waals surface area contributed by atoms with Crippen LogP contribution in [0.2, 0.25) is 5.02 Å². The van der Waals surface area contributed by atoms with Gasteiger partial charge in [-0.15, -0.1) is 0 Å². The van der Waals surface area contributed by atoms with Crippen LogP contribution in [0.25, 0.3) is 49.8 Å². The maximum atomic E-state index is 8.96. The molecule has 0 aliphatic heterocycles. The van der Waals surface area contributed by atoms with Gasteiger partial charge in [0.25, 0.3) is 0 Å². The summed E-state index contributed by atoms with van der Waals surface area (Å²) >= 11 is 6.49. The van der Waals surface area contributed by atoms with Gasteiger partial charge in [-0.25, -0.2) is 0 Å². The zero-order chi connectivity index (χ0) is 19.1. The van der Waals surface area contributed by atoms with Crippen LogP contribution < -0.4 is 0 Å². The fraction of sp³-hybridized carbons (Fsp3) is 0.0833. The third-order valence-electron chi connectivity index (χ3n) is 5.22. The molecule has 0 saturated heterocycles. The van der Waals surface area contributed by atoms with Crippen LogP contribution in [-0.2, 0) is 0 Å². The number of hydrogen-bond acceptors (Lipinski definition) is 1. The van der Waals surface area contributed by atoms with E-state index in [-0.39, 0.29) is 6.61 Å². The summed E-state index contributed by atoms with van der Waals surface area (Å²) in [5.41, 5.74) is 5.45. The summed E-state index contributed by atoms with van der Waals surface area (Å²) in [7, 11) is 0.